The van der Waals surface area contributed by atoms with Crippen molar-refractivity contribution in [3.63, 3.8) is 0 Å². The smallest absolute Gasteiger partial charge is 0.342 e. The van der Waals surface area contributed by atoms with E-state index in [0.717, 1.165) is 42.9 Å². The fourth-order valence-electron chi connectivity index (χ4n) is 4.31. The zero-order valence-electron chi connectivity index (χ0n) is 19.9. The van der Waals surface area contributed by atoms with Crippen molar-refractivity contribution in [3.8, 4) is 17.1 Å². The third-order valence-corrected chi connectivity index (χ3v) is 6.16. The van der Waals surface area contributed by atoms with Crippen molar-refractivity contribution in [1.29, 1.82) is 0 Å². The van der Waals surface area contributed by atoms with Gasteiger partial charge >= 0.3 is 5.97 Å². The summed E-state index contributed by atoms with van der Waals surface area (Å²) in [6, 6.07) is 15.2. The highest BCUT2D eigenvalue weighted by Crippen LogP contribution is 2.28. The highest BCUT2D eigenvalue weighted by atomic mass is 16.5. The van der Waals surface area contributed by atoms with Gasteiger partial charge in [-0.1, -0.05) is 23.4 Å². The van der Waals surface area contributed by atoms with Gasteiger partial charge in [-0.15, -0.1) is 0 Å². The van der Waals surface area contributed by atoms with Crippen LogP contribution >= 0.6 is 0 Å². The van der Waals surface area contributed by atoms with Gasteiger partial charge in [-0.3, -0.25) is 9.80 Å². The fourth-order valence-corrected chi connectivity index (χ4v) is 4.31. The molecule has 182 valence electrons. The molecule has 0 aliphatic carbocycles. The van der Waals surface area contributed by atoms with Crippen LogP contribution in [0.15, 0.2) is 57.5 Å². The lowest BCUT2D eigenvalue weighted by Crippen LogP contribution is -2.45. The minimum Gasteiger partial charge on any atom is -0.497 e. The number of rotatable bonds is 8. The molecule has 5 rings (SSSR count). The van der Waals surface area contributed by atoms with Gasteiger partial charge in [-0.05, 0) is 37.3 Å². The third-order valence-electron chi connectivity index (χ3n) is 6.16. The molecular weight excluding hydrogens is 448 g/mol. The van der Waals surface area contributed by atoms with Gasteiger partial charge in [0.05, 0.1) is 26.8 Å². The molecule has 2 aromatic heterocycles. The van der Waals surface area contributed by atoms with Crippen LogP contribution in [-0.2, 0) is 17.8 Å². The molecular formula is C26H28N4O5. The number of nitrogens with zero attached hydrogens (tertiary/aromatic N) is 4. The normalized spacial score (nSPS) is 14.9. The second-order valence-corrected chi connectivity index (χ2v) is 8.41. The first-order valence-electron chi connectivity index (χ1n) is 11.7. The lowest BCUT2D eigenvalue weighted by molar-refractivity contribution is 0.0521. The van der Waals surface area contributed by atoms with E-state index in [-0.39, 0.29) is 5.97 Å². The van der Waals surface area contributed by atoms with E-state index in [1.807, 2.05) is 55.5 Å². The van der Waals surface area contributed by atoms with Crippen LogP contribution in [0.25, 0.3) is 22.4 Å². The molecule has 0 spiro atoms. The monoisotopic (exact) mass is 476 g/mol. The molecule has 0 saturated carbocycles. The molecule has 0 radical (unpaired) electrons. The molecule has 2 aromatic carbocycles. The largest absolute Gasteiger partial charge is 0.497 e. The van der Waals surface area contributed by atoms with Crippen LogP contribution in [0.1, 0.15) is 28.9 Å². The van der Waals surface area contributed by atoms with Crippen LogP contribution in [0.5, 0.6) is 5.75 Å². The number of esters is 1. The van der Waals surface area contributed by atoms with Gasteiger partial charge in [0.15, 0.2) is 0 Å². The number of hydrogen-bond acceptors (Lipinski definition) is 9. The van der Waals surface area contributed by atoms with E-state index in [1.54, 1.807) is 7.11 Å². The summed E-state index contributed by atoms with van der Waals surface area (Å²) in [5.74, 6) is 2.26. The summed E-state index contributed by atoms with van der Waals surface area (Å²) in [5, 5.41) is 4.92. The summed E-state index contributed by atoms with van der Waals surface area (Å²) >= 11 is 0. The van der Waals surface area contributed by atoms with Gasteiger partial charge in [-0.2, -0.15) is 4.98 Å². The van der Waals surface area contributed by atoms with Crippen LogP contribution in [-0.4, -0.2) is 65.8 Å². The number of fused-ring (bicyclic) bond motifs is 1. The summed E-state index contributed by atoms with van der Waals surface area (Å²) < 4.78 is 22.0. The molecule has 1 aliphatic rings. The molecule has 1 aliphatic heterocycles. The van der Waals surface area contributed by atoms with E-state index < -0.39 is 0 Å². The molecule has 0 bridgehead atoms. The van der Waals surface area contributed by atoms with Crippen molar-refractivity contribution in [2.75, 3.05) is 39.9 Å². The highest BCUT2D eigenvalue weighted by Gasteiger charge is 2.26. The maximum atomic E-state index is 12.6. The molecule has 9 heteroatoms. The van der Waals surface area contributed by atoms with Crippen molar-refractivity contribution in [2.45, 2.75) is 20.0 Å². The van der Waals surface area contributed by atoms with Gasteiger partial charge in [0.2, 0.25) is 11.7 Å². The van der Waals surface area contributed by atoms with Crippen molar-refractivity contribution >= 4 is 16.9 Å². The predicted molar refractivity (Wildman–Crippen MR) is 129 cm³/mol. The van der Waals surface area contributed by atoms with Crippen molar-refractivity contribution in [3.05, 3.63) is 65.7 Å². The predicted octanol–water partition coefficient (Wildman–Crippen LogP) is 3.99. The molecule has 1 saturated heterocycles. The minimum absolute atomic E-state index is 0.326. The van der Waals surface area contributed by atoms with Gasteiger partial charge in [0, 0.05) is 37.1 Å². The number of para-hydroxylation sites is 1. The lowest BCUT2D eigenvalue weighted by Gasteiger charge is -2.33. The average Bonchev–Trinajstić information content (AvgIpc) is 3.50. The Morgan fingerprint density at radius 1 is 1.00 bits per heavy atom. The lowest BCUT2D eigenvalue weighted by atomic mass is 10.1. The third kappa shape index (κ3) is 5.06. The summed E-state index contributed by atoms with van der Waals surface area (Å²) in [4.78, 5) is 21.8. The van der Waals surface area contributed by atoms with Crippen LogP contribution in [0, 0.1) is 0 Å². The summed E-state index contributed by atoms with van der Waals surface area (Å²) in [7, 11) is 1.64. The molecule has 0 N–H and O–H groups in total. The summed E-state index contributed by atoms with van der Waals surface area (Å²) in [6.07, 6.45) is 0. The Bertz CT molecular complexity index is 1290. The van der Waals surface area contributed by atoms with E-state index in [9.17, 15) is 4.79 Å². The number of carbonyl (C=O) groups excluding carboxylic acids is 1. The maximum absolute atomic E-state index is 12.6. The van der Waals surface area contributed by atoms with Crippen LogP contribution in [0.2, 0.25) is 0 Å². The number of methoxy groups -OCH3 is 1. The molecule has 0 amide bonds. The summed E-state index contributed by atoms with van der Waals surface area (Å²) in [6.45, 7) is 6.63. The number of benzene rings is 2. The Kier molecular flexibility index (Phi) is 6.78. The van der Waals surface area contributed by atoms with E-state index in [2.05, 4.69) is 19.9 Å². The van der Waals surface area contributed by atoms with Gasteiger partial charge in [-0.25, -0.2) is 4.79 Å². The Balaban J connectivity index is 1.20. The number of hydrogen-bond donors (Lipinski definition) is 0. The first-order chi connectivity index (χ1) is 17.1. The van der Waals surface area contributed by atoms with Crippen molar-refractivity contribution < 1.29 is 23.2 Å². The molecule has 9 nitrogen and oxygen atoms in total. The van der Waals surface area contributed by atoms with E-state index in [4.69, 9.17) is 18.4 Å². The molecule has 4 aromatic rings. The molecule has 3 heterocycles. The number of carbonyl (C=O) groups is 1. The fraction of sp³-hybridized carbons (Fsp3) is 0.346. The summed E-state index contributed by atoms with van der Waals surface area (Å²) in [5.41, 5.74) is 2.11. The standard InChI is InChI=1S/C26H28N4O5/c1-3-33-26(31)24-20-6-4-5-7-21(20)34-22(24)16-29-12-14-30(15-13-29)17-23-27-25(28-35-23)18-8-10-19(32-2)11-9-18/h4-11H,3,12-17H2,1-2H3. The quantitative estimate of drug-likeness (QED) is 0.350. The van der Waals surface area contributed by atoms with Gasteiger partial charge in [0.1, 0.15) is 22.7 Å². The SMILES string of the molecule is CCOC(=O)c1c(CN2CCN(Cc3nc(-c4ccc(OC)cc4)no3)CC2)oc2ccccc12. The van der Waals surface area contributed by atoms with Crippen molar-refractivity contribution in [1.82, 2.24) is 19.9 Å². The van der Waals surface area contributed by atoms with Crippen LogP contribution in [0.3, 0.4) is 0 Å². The first-order valence-corrected chi connectivity index (χ1v) is 11.7. The Labute approximate surface area is 203 Å². The van der Waals surface area contributed by atoms with E-state index >= 15 is 0 Å². The van der Waals surface area contributed by atoms with Crippen molar-refractivity contribution in [2.24, 2.45) is 0 Å². The second-order valence-electron chi connectivity index (χ2n) is 8.41. The average molecular weight is 477 g/mol. The number of aromatic nitrogens is 2. The maximum Gasteiger partial charge on any atom is 0.342 e. The molecule has 0 unspecified atom stereocenters. The molecule has 0 atom stereocenters. The van der Waals surface area contributed by atoms with Crippen LogP contribution in [0.4, 0.5) is 0 Å². The van der Waals surface area contributed by atoms with Crippen LogP contribution < -0.4 is 4.74 Å². The number of ether oxygens (including phenoxy) is 2. The second kappa shape index (κ2) is 10.3. The molecule has 35 heavy (non-hydrogen) atoms. The first kappa shape index (κ1) is 23.1. The number of furan rings is 1. The zero-order valence-corrected chi connectivity index (χ0v) is 19.9. The van der Waals surface area contributed by atoms with Gasteiger partial charge < -0.3 is 18.4 Å². The Hall–Kier alpha value is -3.69. The zero-order chi connectivity index (χ0) is 24.2. The topological polar surface area (TPSA) is 94.1 Å². The molecule has 1 fully saturated rings. The van der Waals surface area contributed by atoms with E-state index in [0.29, 0.717) is 48.3 Å². The highest BCUT2D eigenvalue weighted by molar-refractivity contribution is 6.04. The minimum atomic E-state index is -0.338. The Morgan fingerprint density at radius 3 is 2.43 bits per heavy atom. The Morgan fingerprint density at radius 2 is 1.71 bits per heavy atom. The van der Waals surface area contributed by atoms with Gasteiger partial charge in [0.25, 0.3) is 0 Å². The number of piperazine rings is 1. The van der Waals surface area contributed by atoms with E-state index in [1.165, 1.54) is 0 Å².